The van der Waals surface area contributed by atoms with Crippen LogP contribution in [-0.4, -0.2) is 72.7 Å². The minimum atomic E-state index is -0.872. The summed E-state index contributed by atoms with van der Waals surface area (Å²) in [6.45, 7) is 10.4. The van der Waals surface area contributed by atoms with Crippen molar-refractivity contribution in [3.05, 3.63) is 0 Å². The van der Waals surface area contributed by atoms with Crippen LogP contribution in [0, 0.1) is 5.41 Å². The molecule has 0 aromatic carbocycles. The monoisotopic (exact) mass is 286 g/mol. The maximum atomic E-state index is 12.3. The van der Waals surface area contributed by atoms with Gasteiger partial charge in [-0.25, -0.2) is 0 Å². The molecule has 1 aliphatic rings. The van der Waals surface area contributed by atoms with E-state index in [4.69, 9.17) is 9.84 Å². The molecule has 1 aliphatic heterocycles. The topological polar surface area (TPSA) is 70.1 Å². The lowest BCUT2D eigenvalue weighted by molar-refractivity contribution is -0.142. The minimum absolute atomic E-state index is 0.00649. The normalized spacial score (nSPS) is 16.9. The summed E-state index contributed by atoms with van der Waals surface area (Å²) in [5.74, 6) is -0.866. The Morgan fingerprint density at radius 2 is 1.80 bits per heavy atom. The van der Waals surface area contributed by atoms with E-state index in [1.165, 1.54) is 0 Å². The maximum absolute atomic E-state index is 12.3. The average molecular weight is 286 g/mol. The van der Waals surface area contributed by atoms with Crippen molar-refractivity contribution in [2.24, 2.45) is 5.41 Å². The number of carbonyl (C=O) groups is 2. The summed E-state index contributed by atoms with van der Waals surface area (Å²) in [4.78, 5) is 27.0. The molecule has 0 unspecified atom stereocenters. The molecule has 0 aromatic rings. The molecule has 1 saturated heterocycles. The van der Waals surface area contributed by atoms with Crippen LogP contribution >= 0.6 is 0 Å². The molecule has 0 aliphatic carbocycles. The van der Waals surface area contributed by atoms with Crippen molar-refractivity contribution in [2.45, 2.75) is 27.2 Å². The van der Waals surface area contributed by atoms with E-state index in [0.717, 1.165) is 32.8 Å². The molecule has 1 amide bonds. The first-order valence-corrected chi connectivity index (χ1v) is 7.12. The lowest BCUT2D eigenvalue weighted by Gasteiger charge is -2.33. The number of carbonyl (C=O) groups excluding carboxylic acids is 1. The van der Waals surface area contributed by atoms with Gasteiger partial charge in [-0.05, 0) is 0 Å². The molecule has 0 spiro atoms. The van der Waals surface area contributed by atoms with Crippen molar-refractivity contribution >= 4 is 11.9 Å². The van der Waals surface area contributed by atoms with E-state index in [1.807, 2.05) is 20.8 Å². The third kappa shape index (κ3) is 5.88. The van der Waals surface area contributed by atoms with Gasteiger partial charge in [0.05, 0.1) is 19.6 Å². The second-order valence-corrected chi connectivity index (χ2v) is 6.14. The van der Waals surface area contributed by atoms with Gasteiger partial charge >= 0.3 is 5.97 Å². The highest BCUT2D eigenvalue weighted by Crippen LogP contribution is 2.17. The van der Waals surface area contributed by atoms with Crippen molar-refractivity contribution < 1.29 is 19.4 Å². The molecule has 6 nitrogen and oxygen atoms in total. The maximum Gasteiger partial charge on any atom is 0.305 e. The summed E-state index contributed by atoms with van der Waals surface area (Å²) in [6, 6.07) is 0. The van der Waals surface area contributed by atoms with Crippen molar-refractivity contribution in [2.75, 3.05) is 45.9 Å². The number of hydrogen-bond acceptors (Lipinski definition) is 4. The molecule has 1 N–H and O–H groups in total. The van der Waals surface area contributed by atoms with Crippen LogP contribution in [0.1, 0.15) is 27.2 Å². The van der Waals surface area contributed by atoms with E-state index < -0.39 is 11.4 Å². The molecule has 1 rings (SSSR count). The van der Waals surface area contributed by atoms with Gasteiger partial charge in [-0.1, -0.05) is 20.8 Å². The smallest absolute Gasteiger partial charge is 0.305 e. The molecule has 116 valence electrons. The average Bonchev–Trinajstić information content (AvgIpc) is 2.38. The van der Waals surface area contributed by atoms with Crippen molar-refractivity contribution in [1.29, 1.82) is 0 Å². The molecular formula is C14H26N2O4. The summed E-state index contributed by atoms with van der Waals surface area (Å²) >= 11 is 0. The van der Waals surface area contributed by atoms with Crippen LogP contribution in [0.25, 0.3) is 0 Å². The Kier molecular flexibility index (Phi) is 6.42. The summed E-state index contributed by atoms with van der Waals surface area (Å²) < 4.78 is 5.29. The Morgan fingerprint density at radius 1 is 1.20 bits per heavy atom. The fourth-order valence-electron chi connectivity index (χ4n) is 2.11. The number of aliphatic carboxylic acids is 1. The number of morpholine rings is 1. The van der Waals surface area contributed by atoms with E-state index in [-0.39, 0.29) is 18.9 Å². The van der Waals surface area contributed by atoms with Crippen molar-refractivity contribution in [3.63, 3.8) is 0 Å². The Labute approximate surface area is 120 Å². The van der Waals surface area contributed by atoms with Gasteiger partial charge in [-0.3, -0.25) is 14.5 Å². The summed E-state index contributed by atoms with van der Waals surface area (Å²) in [5, 5.41) is 8.80. The SMILES string of the molecule is CC(C)(C)C(=O)N(CCC(=O)O)CCN1CCOCC1. The number of amides is 1. The van der Waals surface area contributed by atoms with E-state index >= 15 is 0 Å². The molecule has 0 saturated carbocycles. The number of carboxylic acid groups (broad SMARTS) is 1. The molecular weight excluding hydrogens is 260 g/mol. The van der Waals surface area contributed by atoms with Crippen LogP contribution in [0.2, 0.25) is 0 Å². The van der Waals surface area contributed by atoms with Crippen LogP contribution in [-0.2, 0) is 14.3 Å². The Balaban J connectivity index is 2.52. The summed E-state index contributed by atoms with van der Waals surface area (Å²) in [7, 11) is 0. The largest absolute Gasteiger partial charge is 0.481 e. The Bertz CT molecular complexity index is 333. The van der Waals surface area contributed by atoms with Gasteiger partial charge in [0.25, 0.3) is 0 Å². The first-order valence-electron chi connectivity index (χ1n) is 7.12. The predicted octanol–water partition coefficient (Wildman–Crippen LogP) is 0.668. The predicted molar refractivity (Wildman–Crippen MR) is 75.5 cm³/mol. The number of nitrogens with zero attached hydrogens (tertiary/aromatic N) is 2. The second-order valence-electron chi connectivity index (χ2n) is 6.14. The van der Waals surface area contributed by atoms with Gasteiger partial charge in [0.2, 0.25) is 5.91 Å². The zero-order chi connectivity index (χ0) is 15.2. The van der Waals surface area contributed by atoms with Crippen LogP contribution in [0.5, 0.6) is 0 Å². The molecule has 0 atom stereocenters. The van der Waals surface area contributed by atoms with Gasteiger partial charge < -0.3 is 14.7 Å². The third-order valence-corrected chi connectivity index (χ3v) is 3.31. The minimum Gasteiger partial charge on any atom is -0.481 e. The fraction of sp³-hybridized carbons (Fsp3) is 0.857. The van der Waals surface area contributed by atoms with Crippen LogP contribution < -0.4 is 0 Å². The van der Waals surface area contributed by atoms with E-state index in [2.05, 4.69) is 4.90 Å². The first kappa shape index (κ1) is 16.9. The van der Waals surface area contributed by atoms with Gasteiger partial charge in [0.1, 0.15) is 0 Å². The Morgan fingerprint density at radius 3 is 2.30 bits per heavy atom. The molecule has 1 heterocycles. The molecule has 6 heteroatoms. The molecule has 1 fully saturated rings. The van der Waals surface area contributed by atoms with Gasteiger partial charge in [0.15, 0.2) is 0 Å². The van der Waals surface area contributed by atoms with Crippen molar-refractivity contribution in [3.8, 4) is 0 Å². The highest BCUT2D eigenvalue weighted by Gasteiger charge is 2.27. The van der Waals surface area contributed by atoms with E-state index in [0.29, 0.717) is 6.54 Å². The summed E-state index contributed by atoms with van der Waals surface area (Å²) in [5.41, 5.74) is -0.483. The third-order valence-electron chi connectivity index (χ3n) is 3.31. The zero-order valence-electron chi connectivity index (χ0n) is 12.7. The standard InChI is InChI=1S/C14H26N2O4/c1-14(2,3)13(19)16(5-4-12(17)18)7-6-15-8-10-20-11-9-15/h4-11H2,1-3H3,(H,17,18). The Hall–Kier alpha value is -1.14. The van der Waals surface area contributed by atoms with Crippen LogP contribution in [0.15, 0.2) is 0 Å². The number of hydrogen-bond donors (Lipinski definition) is 1. The lowest BCUT2D eigenvalue weighted by atomic mass is 9.94. The van der Waals surface area contributed by atoms with Gasteiger partial charge in [-0.15, -0.1) is 0 Å². The second kappa shape index (κ2) is 7.59. The van der Waals surface area contributed by atoms with Crippen LogP contribution in [0.3, 0.4) is 0 Å². The molecule has 20 heavy (non-hydrogen) atoms. The number of rotatable bonds is 6. The number of ether oxygens (including phenoxy) is 1. The number of carboxylic acids is 1. The lowest BCUT2D eigenvalue weighted by Crippen LogP contribution is -2.46. The molecule has 0 bridgehead atoms. The zero-order valence-corrected chi connectivity index (χ0v) is 12.7. The first-order chi connectivity index (χ1) is 9.30. The van der Waals surface area contributed by atoms with E-state index in [9.17, 15) is 9.59 Å². The molecule has 0 aromatic heterocycles. The summed E-state index contributed by atoms with van der Waals surface area (Å²) in [6.07, 6.45) is -0.00900. The van der Waals surface area contributed by atoms with Crippen LogP contribution in [0.4, 0.5) is 0 Å². The quantitative estimate of drug-likeness (QED) is 0.777. The van der Waals surface area contributed by atoms with Gasteiger partial charge in [-0.2, -0.15) is 0 Å². The highest BCUT2D eigenvalue weighted by atomic mass is 16.5. The highest BCUT2D eigenvalue weighted by molar-refractivity contribution is 5.82. The van der Waals surface area contributed by atoms with Crippen molar-refractivity contribution in [1.82, 2.24) is 9.80 Å². The van der Waals surface area contributed by atoms with Gasteiger partial charge in [0, 0.05) is 38.1 Å². The fourth-order valence-corrected chi connectivity index (χ4v) is 2.11. The molecule has 0 radical (unpaired) electrons. The van der Waals surface area contributed by atoms with E-state index in [1.54, 1.807) is 4.90 Å².